The summed E-state index contributed by atoms with van der Waals surface area (Å²) in [5.41, 5.74) is 1.31. The maximum atomic E-state index is 13.5. The van der Waals surface area contributed by atoms with Gasteiger partial charge in [0, 0.05) is 30.6 Å². The van der Waals surface area contributed by atoms with E-state index < -0.39 is 16.1 Å². The number of sulfonamides is 1. The Morgan fingerprint density at radius 3 is 2.32 bits per heavy atom. The number of ether oxygens (including phenoxy) is 1. The van der Waals surface area contributed by atoms with Crippen molar-refractivity contribution in [3.8, 4) is 5.75 Å². The van der Waals surface area contributed by atoms with Gasteiger partial charge in [-0.3, -0.25) is 13.9 Å². The zero-order valence-corrected chi connectivity index (χ0v) is 23.8. The van der Waals surface area contributed by atoms with Crippen molar-refractivity contribution in [2.45, 2.75) is 65.1 Å². The van der Waals surface area contributed by atoms with Crippen LogP contribution < -0.4 is 14.4 Å². The molecule has 0 aliphatic rings. The van der Waals surface area contributed by atoms with Crippen molar-refractivity contribution in [2.24, 2.45) is 0 Å². The number of nitrogens with one attached hydrogen (secondary N) is 1. The second-order valence-corrected chi connectivity index (χ2v) is 11.4. The van der Waals surface area contributed by atoms with E-state index >= 15 is 0 Å². The van der Waals surface area contributed by atoms with Gasteiger partial charge in [0.05, 0.1) is 19.1 Å². The van der Waals surface area contributed by atoms with Gasteiger partial charge in [-0.25, -0.2) is 8.42 Å². The molecule has 2 atom stereocenters. The molecule has 0 fully saturated rings. The minimum atomic E-state index is -3.57. The number of nitrogens with zero attached hydrogens (tertiary/aromatic N) is 2. The third-order valence-electron chi connectivity index (χ3n) is 6.14. The van der Waals surface area contributed by atoms with Crippen molar-refractivity contribution in [3.63, 3.8) is 0 Å². The zero-order chi connectivity index (χ0) is 27.6. The van der Waals surface area contributed by atoms with Gasteiger partial charge in [0.15, 0.2) is 0 Å². The monoisotopic (exact) mass is 551 g/mol. The van der Waals surface area contributed by atoms with Gasteiger partial charge in [-0.15, -0.1) is 0 Å². The SMILES string of the molecule is CC[C@H](C)NC(=O)[C@H](CC)N(Cc1cccc(OC)c1)C(=O)CCCN(c1ccc(Cl)cc1)S(C)(=O)=O. The molecule has 0 radical (unpaired) electrons. The molecule has 0 unspecified atom stereocenters. The molecule has 37 heavy (non-hydrogen) atoms. The summed E-state index contributed by atoms with van der Waals surface area (Å²) in [5, 5.41) is 3.49. The van der Waals surface area contributed by atoms with Crippen molar-refractivity contribution in [2.75, 3.05) is 24.2 Å². The summed E-state index contributed by atoms with van der Waals surface area (Å²) in [7, 11) is -1.99. The number of hydrogen-bond donors (Lipinski definition) is 1. The van der Waals surface area contributed by atoms with Gasteiger partial charge >= 0.3 is 0 Å². The number of carbonyl (C=O) groups excluding carboxylic acids is 2. The van der Waals surface area contributed by atoms with Crippen LogP contribution in [0.5, 0.6) is 5.75 Å². The highest BCUT2D eigenvalue weighted by atomic mass is 35.5. The summed E-state index contributed by atoms with van der Waals surface area (Å²) in [5.74, 6) is 0.235. The van der Waals surface area contributed by atoms with Crippen molar-refractivity contribution >= 4 is 39.1 Å². The molecule has 1 N–H and O–H groups in total. The average Bonchev–Trinajstić information content (AvgIpc) is 2.86. The van der Waals surface area contributed by atoms with Crippen LogP contribution in [-0.2, 0) is 26.2 Å². The molecule has 0 aromatic heterocycles. The molecule has 204 valence electrons. The van der Waals surface area contributed by atoms with Gasteiger partial charge < -0.3 is 15.0 Å². The summed E-state index contributed by atoms with van der Waals surface area (Å²) in [6, 6.07) is 13.2. The maximum Gasteiger partial charge on any atom is 0.243 e. The topological polar surface area (TPSA) is 96.0 Å². The van der Waals surface area contributed by atoms with Crippen molar-refractivity contribution in [3.05, 3.63) is 59.1 Å². The van der Waals surface area contributed by atoms with Crippen molar-refractivity contribution < 1.29 is 22.7 Å². The Hall–Kier alpha value is -2.78. The van der Waals surface area contributed by atoms with Gasteiger partial charge in [0.2, 0.25) is 21.8 Å². The van der Waals surface area contributed by atoms with Crippen molar-refractivity contribution in [1.82, 2.24) is 10.2 Å². The molecule has 2 aromatic rings. The number of amides is 2. The third-order valence-corrected chi connectivity index (χ3v) is 7.59. The molecule has 0 heterocycles. The van der Waals surface area contributed by atoms with E-state index in [2.05, 4.69) is 5.32 Å². The van der Waals surface area contributed by atoms with Crippen LogP contribution in [0.2, 0.25) is 5.02 Å². The molecule has 8 nitrogen and oxygen atoms in total. The van der Waals surface area contributed by atoms with Crippen LogP contribution in [0, 0.1) is 0 Å². The number of anilines is 1. The van der Waals surface area contributed by atoms with Crippen LogP contribution >= 0.6 is 11.6 Å². The van der Waals surface area contributed by atoms with E-state index in [0.29, 0.717) is 22.9 Å². The first-order chi connectivity index (χ1) is 17.5. The number of methoxy groups -OCH3 is 1. The predicted molar refractivity (Wildman–Crippen MR) is 148 cm³/mol. The van der Waals surface area contributed by atoms with E-state index in [1.807, 2.05) is 45.0 Å². The van der Waals surface area contributed by atoms with E-state index in [9.17, 15) is 18.0 Å². The lowest BCUT2D eigenvalue weighted by molar-refractivity contribution is -0.141. The fourth-order valence-corrected chi connectivity index (χ4v) is 5.03. The fourth-order valence-electron chi connectivity index (χ4n) is 3.94. The van der Waals surface area contributed by atoms with E-state index in [1.54, 1.807) is 36.3 Å². The van der Waals surface area contributed by atoms with Gasteiger partial charge in [0.25, 0.3) is 0 Å². The van der Waals surface area contributed by atoms with E-state index in [0.717, 1.165) is 18.2 Å². The highest BCUT2D eigenvalue weighted by Gasteiger charge is 2.29. The van der Waals surface area contributed by atoms with Crippen LogP contribution in [-0.4, -0.2) is 57.1 Å². The number of rotatable bonds is 14. The lowest BCUT2D eigenvalue weighted by Gasteiger charge is -2.32. The Labute approximate surface area is 226 Å². The first-order valence-corrected chi connectivity index (χ1v) is 14.7. The number of carbonyl (C=O) groups is 2. The van der Waals surface area contributed by atoms with E-state index in [-0.39, 0.29) is 43.8 Å². The highest BCUT2D eigenvalue weighted by molar-refractivity contribution is 7.92. The second-order valence-electron chi connectivity index (χ2n) is 9.03. The quantitative estimate of drug-likeness (QED) is 0.370. The lowest BCUT2D eigenvalue weighted by Crippen LogP contribution is -2.50. The highest BCUT2D eigenvalue weighted by Crippen LogP contribution is 2.22. The van der Waals surface area contributed by atoms with Crippen molar-refractivity contribution in [1.29, 1.82) is 0 Å². The summed E-state index contributed by atoms with van der Waals surface area (Å²) in [6.45, 7) is 6.14. The average molecular weight is 552 g/mol. The maximum absolute atomic E-state index is 13.5. The molecule has 2 aromatic carbocycles. The van der Waals surface area contributed by atoms with Gasteiger partial charge in [-0.2, -0.15) is 0 Å². The smallest absolute Gasteiger partial charge is 0.243 e. The lowest BCUT2D eigenvalue weighted by atomic mass is 10.1. The number of halogens is 1. The zero-order valence-electron chi connectivity index (χ0n) is 22.2. The Kier molecular flexibility index (Phi) is 11.7. The molecule has 0 aliphatic heterocycles. The summed E-state index contributed by atoms with van der Waals surface area (Å²) in [6.07, 6.45) is 2.71. The molecule has 10 heteroatoms. The Bertz CT molecular complexity index is 1140. The van der Waals surface area contributed by atoms with Gasteiger partial charge in [0.1, 0.15) is 11.8 Å². The molecule has 2 amide bonds. The van der Waals surface area contributed by atoms with Crippen LogP contribution in [0.4, 0.5) is 5.69 Å². The largest absolute Gasteiger partial charge is 0.497 e. The molecular weight excluding hydrogens is 514 g/mol. The fraction of sp³-hybridized carbons (Fsp3) is 0.481. The standard InChI is InChI=1S/C27H38ClN3O5S/c1-6-20(3)29-27(33)25(7-2)30(19-21-10-8-11-24(18-21)36-4)26(32)12-9-17-31(37(5,34)35)23-15-13-22(28)14-16-23/h8,10-11,13-16,18,20,25H,6-7,9,12,17,19H2,1-5H3,(H,29,33)/t20-,25-/m0/s1. The predicted octanol–water partition coefficient (Wildman–Crippen LogP) is 4.62. The Morgan fingerprint density at radius 1 is 1.08 bits per heavy atom. The molecule has 0 aliphatic carbocycles. The molecule has 0 spiro atoms. The molecule has 0 bridgehead atoms. The minimum Gasteiger partial charge on any atom is -0.497 e. The number of benzene rings is 2. The van der Waals surface area contributed by atoms with Crippen LogP contribution in [0.3, 0.4) is 0 Å². The number of hydrogen-bond acceptors (Lipinski definition) is 5. The van der Waals surface area contributed by atoms with Gasteiger partial charge in [-0.1, -0.05) is 37.6 Å². The third kappa shape index (κ3) is 9.23. The van der Waals surface area contributed by atoms with Crippen LogP contribution in [0.1, 0.15) is 52.0 Å². The molecule has 0 saturated heterocycles. The molecule has 0 saturated carbocycles. The summed E-state index contributed by atoms with van der Waals surface area (Å²) >= 11 is 5.95. The normalized spacial score (nSPS) is 12.9. The molecular formula is C27H38ClN3O5S. The minimum absolute atomic E-state index is 0.0157. The van der Waals surface area contributed by atoms with E-state index in [1.165, 1.54) is 4.31 Å². The van der Waals surface area contributed by atoms with Crippen LogP contribution in [0.25, 0.3) is 0 Å². The first-order valence-electron chi connectivity index (χ1n) is 12.5. The van der Waals surface area contributed by atoms with Gasteiger partial charge in [-0.05, 0) is 68.1 Å². The van der Waals surface area contributed by atoms with E-state index in [4.69, 9.17) is 16.3 Å². The first kappa shape index (κ1) is 30.4. The summed E-state index contributed by atoms with van der Waals surface area (Å²) < 4.78 is 31.4. The summed E-state index contributed by atoms with van der Waals surface area (Å²) in [4.78, 5) is 28.2. The Balaban J connectivity index is 2.24. The second kappa shape index (κ2) is 14.2. The molecule has 2 rings (SSSR count). The Morgan fingerprint density at radius 2 is 1.76 bits per heavy atom. The van der Waals surface area contributed by atoms with Crippen LogP contribution in [0.15, 0.2) is 48.5 Å².